The van der Waals surface area contributed by atoms with Crippen LogP contribution in [0, 0.1) is 0 Å². The summed E-state index contributed by atoms with van der Waals surface area (Å²) in [5.74, 6) is 0. The van der Waals surface area contributed by atoms with Crippen molar-refractivity contribution < 1.29 is 13.2 Å². The molecule has 0 saturated carbocycles. The third-order valence-corrected chi connectivity index (χ3v) is 6.29. The Hall–Kier alpha value is 0.260. The fraction of sp³-hybridized carbons (Fsp3) is 0.500. The molecule has 3 atom stereocenters. The molecule has 0 spiro atoms. The van der Waals surface area contributed by atoms with Crippen LogP contribution in [0.2, 0.25) is 0 Å². The SMILES string of the molecule is C=C1[C@@H](S(=O)(=O)C(Cl)(Cl)Cl)[C@@H]2C=C[C@H]1O2. The summed E-state index contributed by atoms with van der Waals surface area (Å²) in [6.07, 6.45) is 2.44. The van der Waals surface area contributed by atoms with E-state index in [1.807, 2.05) is 0 Å². The van der Waals surface area contributed by atoms with Crippen LogP contribution in [-0.4, -0.2) is 29.0 Å². The number of hydrogen-bond donors (Lipinski definition) is 0. The van der Waals surface area contributed by atoms with Crippen LogP contribution >= 0.6 is 34.8 Å². The van der Waals surface area contributed by atoms with E-state index in [0.717, 1.165) is 0 Å². The molecule has 0 aliphatic carbocycles. The summed E-state index contributed by atoms with van der Waals surface area (Å²) in [6.45, 7) is 3.67. The quantitative estimate of drug-likeness (QED) is 0.548. The molecule has 2 bridgehead atoms. The second-order valence-corrected chi connectivity index (χ2v) is 8.56. The zero-order valence-corrected chi connectivity index (χ0v) is 10.4. The molecule has 2 heterocycles. The summed E-state index contributed by atoms with van der Waals surface area (Å²) in [6, 6.07) is 0. The van der Waals surface area contributed by atoms with Crippen molar-refractivity contribution in [3.05, 3.63) is 24.3 Å². The third-order valence-electron chi connectivity index (χ3n) is 2.47. The van der Waals surface area contributed by atoms with Crippen molar-refractivity contribution in [3.63, 3.8) is 0 Å². The number of fused-ring (bicyclic) bond motifs is 2. The van der Waals surface area contributed by atoms with Crippen molar-refractivity contribution >= 4 is 44.6 Å². The van der Waals surface area contributed by atoms with Crippen molar-refractivity contribution in [3.8, 4) is 0 Å². The molecular formula is C8H7Cl3O3S. The maximum atomic E-state index is 11.9. The molecule has 2 aliphatic heterocycles. The van der Waals surface area contributed by atoms with Crippen LogP contribution in [-0.2, 0) is 14.6 Å². The predicted molar refractivity (Wildman–Crippen MR) is 59.9 cm³/mol. The highest BCUT2D eigenvalue weighted by molar-refractivity contribution is 7.98. The van der Waals surface area contributed by atoms with Crippen LogP contribution in [0.25, 0.3) is 0 Å². The van der Waals surface area contributed by atoms with Gasteiger partial charge in [0, 0.05) is 0 Å². The molecule has 1 fully saturated rings. The Bertz CT molecular complexity index is 435. The van der Waals surface area contributed by atoms with Crippen molar-refractivity contribution in [1.82, 2.24) is 0 Å². The topological polar surface area (TPSA) is 43.4 Å². The molecule has 0 aromatic rings. The van der Waals surface area contributed by atoms with E-state index in [0.29, 0.717) is 5.57 Å². The van der Waals surface area contributed by atoms with Gasteiger partial charge in [0.1, 0.15) is 5.25 Å². The van der Waals surface area contributed by atoms with Gasteiger partial charge >= 0.3 is 0 Å². The molecule has 2 aliphatic rings. The lowest BCUT2D eigenvalue weighted by Gasteiger charge is -2.22. The second-order valence-electron chi connectivity index (χ2n) is 3.39. The molecule has 0 radical (unpaired) electrons. The number of halogens is 3. The molecule has 3 nitrogen and oxygen atoms in total. The summed E-state index contributed by atoms with van der Waals surface area (Å²) in [5.41, 5.74) is 0.425. The first-order valence-electron chi connectivity index (χ1n) is 4.08. The van der Waals surface area contributed by atoms with E-state index >= 15 is 0 Å². The van der Waals surface area contributed by atoms with E-state index in [1.54, 1.807) is 12.2 Å². The van der Waals surface area contributed by atoms with Crippen molar-refractivity contribution in [2.75, 3.05) is 0 Å². The van der Waals surface area contributed by atoms with Gasteiger partial charge in [-0.3, -0.25) is 0 Å². The molecule has 0 amide bonds. The summed E-state index contributed by atoms with van der Waals surface area (Å²) >= 11 is 16.3. The summed E-state index contributed by atoms with van der Waals surface area (Å²) < 4.78 is 26.7. The Balaban J connectivity index is 2.42. The second kappa shape index (κ2) is 3.37. The third kappa shape index (κ3) is 1.63. The van der Waals surface area contributed by atoms with Crippen LogP contribution in [0.5, 0.6) is 0 Å². The number of hydrogen-bond acceptors (Lipinski definition) is 3. The fourth-order valence-electron chi connectivity index (χ4n) is 1.75. The van der Waals surface area contributed by atoms with Gasteiger partial charge in [0.15, 0.2) is 0 Å². The first-order chi connectivity index (χ1) is 6.75. The van der Waals surface area contributed by atoms with Crippen molar-refractivity contribution in [1.29, 1.82) is 0 Å². The average Bonchev–Trinajstić information content (AvgIpc) is 2.60. The number of ether oxygens (including phenoxy) is 1. The lowest BCUT2D eigenvalue weighted by atomic mass is 10.0. The highest BCUT2D eigenvalue weighted by atomic mass is 35.6. The van der Waals surface area contributed by atoms with E-state index in [4.69, 9.17) is 39.5 Å². The zero-order chi connectivity index (χ0) is 11.4. The van der Waals surface area contributed by atoms with Gasteiger partial charge in [-0.2, -0.15) is 0 Å². The first kappa shape index (κ1) is 11.7. The Morgan fingerprint density at radius 1 is 1.33 bits per heavy atom. The Morgan fingerprint density at radius 2 is 1.93 bits per heavy atom. The van der Waals surface area contributed by atoms with Crippen LogP contribution < -0.4 is 0 Å². The van der Waals surface area contributed by atoms with Crippen LogP contribution in [0.3, 0.4) is 0 Å². The summed E-state index contributed by atoms with van der Waals surface area (Å²) in [7, 11) is -3.94. The standard InChI is InChI=1S/C8H7Cl3O3S/c1-4-5-2-3-6(14-5)7(4)15(12,13)8(9,10)11/h2-3,5-7H,1H2/t5-,6+,7-/m1/s1. The Morgan fingerprint density at radius 3 is 2.33 bits per heavy atom. The molecule has 1 saturated heterocycles. The maximum absolute atomic E-state index is 11.9. The van der Waals surface area contributed by atoms with Crippen LogP contribution in [0.4, 0.5) is 0 Å². The highest BCUT2D eigenvalue weighted by Crippen LogP contribution is 2.45. The molecule has 0 N–H and O–H groups in total. The fourth-order valence-corrected chi connectivity index (χ4v) is 3.94. The highest BCUT2D eigenvalue weighted by Gasteiger charge is 2.54. The minimum atomic E-state index is -3.94. The summed E-state index contributed by atoms with van der Waals surface area (Å²) in [4.78, 5) is 0. The maximum Gasteiger partial charge on any atom is 0.293 e. The van der Waals surface area contributed by atoms with E-state index in [2.05, 4.69) is 6.58 Å². The van der Waals surface area contributed by atoms with Crippen LogP contribution in [0.1, 0.15) is 0 Å². The minimum absolute atomic E-state index is 0.373. The van der Waals surface area contributed by atoms with E-state index in [-0.39, 0.29) is 6.10 Å². The van der Waals surface area contributed by atoms with Gasteiger partial charge in [-0.25, -0.2) is 8.42 Å². The van der Waals surface area contributed by atoms with E-state index < -0.39 is 24.3 Å². The lowest BCUT2D eigenvalue weighted by molar-refractivity contribution is 0.128. The van der Waals surface area contributed by atoms with Gasteiger partial charge < -0.3 is 4.74 Å². The average molecular weight is 290 g/mol. The molecule has 2 rings (SSSR count). The smallest absolute Gasteiger partial charge is 0.293 e. The van der Waals surface area contributed by atoms with Gasteiger partial charge in [-0.15, -0.1) is 0 Å². The van der Waals surface area contributed by atoms with E-state index in [1.165, 1.54) is 0 Å². The van der Waals surface area contributed by atoms with Gasteiger partial charge in [-0.05, 0) is 5.57 Å². The monoisotopic (exact) mass is 288 g/mol. The van der Waals surface area contributed by atoms with E-state index in [9.17, 15) is 8.42 Å². The Kier molecular flexibility index (Phi) is 2.64. The number of sulfone groups is 1. The van der Waals surface area contributed by atoms with Gasteiger partial charge in [0.2, 0.25) is 9.84 Å². The van der Waals surface area contributed by atoms with Gasteiger partial charge in [0.25, 0.3) is 3.12 Å². The molecule has 0 aromatic carbocycles. The van der Waals surface area contributed by atoms with Crippen LogP contribution in [0.15, 0.2) is 24.3 Å². The van der Waals surface area contributed by atoms with Gasteiger partial charge in [0.05, 0.1) is 12.2 Å². The number of alkyl halides is 3. The predicted octanol–water partition coefficient (Wildman–Crippen LogP) is 1.99. The first-order valence-corrected chi connectivity index (χ1v) is 6.76. The molecule has 0 unspecified atom stereocenters. The minimum Gasteiger partial charge on any atom is -0.361 e. The molecule has 7 heteroatoms. The molecular weight excluding hydrogens is 283 g/mol. The number of rotatable bonds is 1. The molecule has 15 heavy (non-hydrogen) atoms. The lowest BCUT2D eigenvalue weighted by Crippen LogP contribution is -2.38. The largest absolute Gasteiger partial charge is 0.361 e. The molecule has 0 aromatic heterocycles. The van der Waals surface area contributed by atoms with Gasteiger partial charge in [-0.1, -0.05) is 53.5 Å². The summed E-state index contributed by atoms with van der Waals surface area (Å²) in [5, 5.41) is -0.958. The van der Waals surface area contributed by atoms with Crippen molar-refractivity contribution in [2.24, 2.45) is 0 Å². The Labute approximate surface area is 103 Å². The zero-order valence-electron chi connectivity index (χ0n) is 7.36. The van der Waals surface area contributed by atoms with Crippen molar-refractivity contribution in [2.45, 2.75) is 20.6 Å². The molecule has 84 valence electrons. The normalized spacial score (nSPS) is 35.1.